The highest BCUT2D eigenvalue weighted by molar-refractivity contribution is 7.92. The molecule has 0 saturated carbocycles. The van der Waals surface area contributed by atoms with Crippen LogP contribution in [0.25, 0.3) is 0 Å². The molecule has 3 aromatic rings. The SMILES string of the molecule is Cc1ccc(C(=O)NCC(=O)Nc2ccc(C)c(S(=O)(=O)Nc3ccccc3Cl)c2)cc1C. The van der Waals surface area contributed by atoms with E-state index in [1.54, 1.807) is 55.5 Å². The van der Waals surface area contributed by atoms with Crippen LogP contribution in [0.4, 0.5) is 11.4 Å². The van der Waals surface area contributed by atoms with Gasteiger partial charge in [0.05, 0.1) is 22.2 Å². The summed E-state index contributed by atoms with van der Waals surface area (Å²) in [4.78, 5) is 24.6. The van der Waals surface area contributed by atoms with E-state index in [4.69, 9.17) is 11.6 Å². The number of carbonyl (C=O) groups excluding carboxylic acids is 2. The van der Waals surface area contributed by atoms with Gasteiger partial charge >= 0.3 is 0 Å². The lowest BCUT2D eigenvalue weighted by molar-refractivity contribution is -0.115. The van der Waals surface area contributed by atoms with E-state index >= 15 is 0 Å². The zero-order chi connectivity index (χ0) is 24.2. The highest BCUT2D eigenvalue weighted by Crippen LogP contribution is 2.26. The first-order valence-electron chi connectivity index (χ1n) is 10.1. The Bertz CT molecular complexity index is 1320. The van der Waals surface area contributed by atoms with Crippen LogP contribution < -0.4 is 15.4 Å². The molecule has 0 radical (unpaired) electrons. The Morgan fingerprint density at radius 1 is 0.879 bits per heavy atom. The predicted molar refractivity (Wildman–Crippen MR) is 130 cm³/mol. The van der Waals surface area contributed by atoms with Crippen molar-refractivity contribution in [1.29, 1.82) is 0 Å². The van der Waals surface area contributed by atoms with Crippen LogP contribution in [0.5, 0.6) is 0 Å². The number of nitrogens with one attached hydrogen (secondary N) is 3. The van der Waals surface area contributed by atoms with Crippen LogP contribution in [0.2, 0.25) is 5.02 Å². The summed E-state index contributed by atoms with van der Waals surface area (Å²) in [5.74, 6) is -0.859. The molecule has 0 aliphatic carbocycles. The molecular formula is C24H24ClN3O4S. The molecule has 0 aromatic heterocycles. The minimum absolute atomic E-state index is 0.000569. The molecule has 2 amide bonds. The van der Waals surface area contributed by atoms with Crippen LogP contribution in [0.15, 0.2) is 65.6 Å². The zero-order valence-corrected chi connectivity index (χ0v) is 20.0. The van der Waals surface area contributed by atoms with Gasteiger partial charge in [0.1, 0.15) is 0 Å². The maximum Gasteiger partial charge on any atom is 0.262 e. The Balaban J connectivity index is 1.68. The van der Waals surface area contributed by atoms with E-state index in [-0.39, 0.29) is 33.7 Å². The fraction of sp³-hybridized carbons (Fsp3) is 0.167. The van der Waals surface area contributed by atoms with Crippen LogP contribution in [-0.2, 0) is 14.8 Å². The third kappa shape index (κ3) is 6.12. The van der Waals surface area contributed by atoms with Gasteiger partial charge in [-0.2, -0.15) is 0 Å². The number of hydrogen-bond acceptors (Lipinski definition) is 4. The average Bonchev–Trinajstić information content (AvgIpc) is 2.76. The number of halogens is 1. The van der Waals surface area contributed by atoms with Gasteiger partial charge in [-0.15, -0.1) is 0 Å². The Morgan fingerprint density at radius 3 is 2.27 bits per heavy atom. The van der Waals surface area contributed by atoms with Crippen LogP contribution in [0.3, 0.4) is 0 Å². The molecule has 0 spiro atoms. The van der Waals surface area contributed by atoms with Crippen molar-refractivity contribution in [3.63, 3.8) is 0 Å². The van der Waals surface area contributed by atoms with Crippen molar-refractivity contribution in [3.8, 4) is 0 Å². The highest BCUT2D eigenvalue weighted by atomic mass is 35.5. The minimum atomic E-state index is -3.95. The smallest absolute Gasteiger partial charge is 0.262 e. The Hall–Kier alpha value is -3.36. The summed E-state index contributed by atoms with van der Waals surface area (Å²) in [5, 5.41) is 5.44. The van der Waals surface area contributed by atoms with Crippen molar-refractivity contribution in [2.45, 2.75) is 25.7 Å². The van der Waals surface area contributed by atoms with Gasteiger partial charge in [-0.1, -0.05) is 35.9 Å². The van der Waals surface area contributed by atoms with Crippen molar-refractivity contribution in [1.82, 2.24) is 5.32 Å². The molecule has 0 unspecified atom stereocenters. The van der Waals surface area contributed by atoms with E-state index < -0.39 is 15.9 Å². The summed E-state index contributed by atoms with van der Waals surface area (Å²) in [6.45, 7) is 5.24. The largest absolute Gasteiger partial charge is 0.343 e. The van der Waals surface area contributed by atoms with Crippen molar-refractivity contribution in [3.05, 3.63) is 87.9 Å². The molecule has 0 aliphatic heterocycles. The third-order valence-corrected chi connectivity index (χ3v) is 6.90. The monoisotopic (exact) mass is 485 g/mol. The van der Waals surface area contributed by atoms with Crippen molar-refractivity contribution >= 4 is 44.8 Å². The fourth-order valence-electron chi connectivity index (χ4n) is 3.06. The molecule has 0 saturated heterocycles. The summed E-state index contributed by atoms with van der Waals surface area (Å²) in [6.07, 6.45) is 0. The van der Waals surface area contributed by atoms with Gasteiger partial charge in [-0.05, 0) is 73.9 Å². The molecule has 7 nitrogen and oxygen atoms in total. The summed E-state index contributed by atoms with van der Waals surface area (Å²) in [7, 11) is -3.95. The standard InChI is InChI=1S/C24H24ClN3O4S/c1-15-8-10-18(12-17(15)3)24(30)26-14-23(29)27-19-11-9-16(2)22(13-19)33(31,32)28-21-7-5-4-6-20(21)25/h4-13,28H,14H2,1-3H3,(H,26,30)(H,27,29). The number of benzene rings is 3. The van der Waals surface area contributed by atoms with Gasteiger partial charge in [-0.3, -0.25) is 14.3 Å². The van der Waals surface area contributed by atoms with Crippen LogP contribution in [-0.4, -0.2) is 26.8 Å². The first kappa shape index (κ1) is 24.3. The number of hydrogen-bond donors (Lipinski definition) is 3. The summed E-state index contributed by atoms with van der Waals surface area (Å²) in [5.41, 5.74) is 3.54. The van der Waals surface area contributed by atoms with E-state index in [9.17, 15) is 18.0 Å². The van der Waals surface area contributed by atoms with E-state index in [0.29, 0.717) is 11.1 Å². The van der Waals surface area contributed by atoms with Gasteiger partial charge in [0.2, 0.25) is 5.91 Å². The molecule has 0 heterocycles. The lowest BCUT2D eigenvalue weighted by Gasteiger charge is -2.13. The van der Waals surface area contributed by atoms with Gasteiger partial charge in [0, 0.05) is 11.3 Å². The maximum atomic E-state index is 12.9. The summed E-state index contributed by atoms with van der Waals surface area (Å²) >= 11 is 6.06. The number of anilines is 2. The van der Waals surface area contributed by atoms with Crippen LogP contribution in [0, 0.1) is 20.8 Å². The number of rotatable bonds is 7. The number of aryl methyl sites for hydroxylation is 3. The van der Waals surface area contributed by atoms with Crippen LogP contribution >= 0.6 is 11.6 Å². The van der Waals surface area contributed by atoms with Crippen molar-refractivity contribution in [2.24, 2.45) is 0 Å². The van der Waals surface area contributed by atoms with Gasteiger partial charge < -0.3 is 10.6 Å². The second-order valence-electron chi connectivity index (χ2n) is 7.60. The lowest BCUT2D eigenvalue weighted by atomic mass is 10.1. The normalized spacial score (nSPS) is 11.0. The lowest BCUT2D eigenvalue weighted by Crippen LogP contribution is -2.33. The highest BCUT2D eigenvalue weighted by Gasteiger charge is 2.19. The van der Waals surface area contributed by atoms with E-state index in [0.717, 1.165) is 11.1 Å². The number of carbonyl (C=O) groups is 2. The fourth-order valence-corrected chi connectivity index (χ4v) is 4.65. The van der Waals surface area contributed by atoms with Crippen molar-refractivity contribution < 1.29 is 18.0 Å². The molecular weight excluding hydrogens is 462 g/mol. The molecule has 3 N–H and O–H groups in total. The quantitative estimate of drug-likeness (QED) is 0.460. The molecule has 9 heteroatoms. The molecule has 0 bridgehead atoms. The zero-order valence-electron chi connectivity index (χ0n) is 18.4. The molecule has 0 aliphatic rings. The molecule has 0 atom stereocenters. The summed E-state index contributed by atoms with van der Waals surface area (Å²) in [6, 6.07) is 16.3. The van der Waals surface area contributed by atoms with Crippen molar-refractivity contribution in [2.75, 3.05) is 16.6 Å². The second-order valence-corrected chi connectivity index (χ2v) is 9.65. The second kappa shape index (κ2) is 10.1. The van der Waals surface area contributed by atoms with Gasteiger partial charge in [0.15, 0.2) is 0 Å². The topological polar surface area (TPSA) is 104 Å². The minimum Gasteiger partial charge on any atom is -0.343 e. The number of para-hydroxylation sites is 1. The summed E-state index contributed by atoms with van der Waals surface area (Å²) < 4.78 is 28.3. The van der Waals surface area contributed by atoms with Gasteiger partial charge in [-0.25, -0.2) is 8.42 Å². The first-order chi connectivity index (χ1) is 15.6. The molecule has 0 fully saturated rings. The third-order valence-electron chi connectivity index (χ3n) is 5.06. The van der Waals surface area contributed by atoms with Gasteiger partial charge in [0.25, 0.3) is 15.9 Å². The number of amides is 2. The molecule has 33 heavy (non-hydrogen) atoms. The molecule has 172 valence electrons. The Kier molecular flexibility index (Phi) is 7.40. The molecule has 3 aromatic carbocycles. The van der Waals surface area contributed by atoms with E-state index in [1.807, 2.05) is 19.9 Å². The average molecular weight is 486 g/mol. The van der Waals surface area contributed by atoms with Crippen LogP contribution in [0.1, 0.15) is 27.0 Å². The Morgan fingerprint density at radius 2 is 1.58 bits per heavy atom. The first-order valence-corrected chi connectivity index (χ1v) is 12.0. The van der Waals surface area contributed by atoms with E-state index in [2.05, 4.69) is 15.4 Å². The maximum absolute atomic E-state index is 12.9. The number of sulfonamides is 1. The van der Waals surface area contributed by atoms with E-state index in [1.165, 1.54) is 6.07 Å². The Labute approximate surface area is 198 Å². The molecule has 3 rings (SSSR count). The predicted octanol–water partition coefficient (Wildman–Crippen LogP) is 4.43.